The molecule has 1 N–H and O–H groups in total. The fourth-order valence-corrected chi connectivity index (χ4v) is 4.25. The molecule has 1 aromatic heterocycles. The summed E-state index contributed by atoms with van der Waals surface area (Å²) in [5.41, 5.74) is 0.408. The number of likely N-dealkylation sites (tertiary alicyclic amines) is 1. The van der Waals surface area contributed by atoms with Gasteiger partial charge >= 0.3 is 0 Å². The van der Waals surface area contributed by atoms with Gasteiger partial charge in [-0.25, -0.2) is 4.98 Å². The first-order valence-electron chi connectivity index (χ1n) is 9.32. The molecule has 6 nitrogen and oxygen atoms in total. The Kier molecular flexibility index (Phi) is 4.99. The minimum absolute atomic E-state index is 0.000932. The summed E-state index contributed by atoms with van der Waals surface area (Å²) >= 11 is 0. The summed E-state index contributed by atoms with van der Waals surface area (Å²) in [6.45, 7) is 2.24. The molecule has 2 fully saturated rings. The Bertz CT molecular complexity index is 777. The maximum absolute atomic E-state index is 12.4. The lowest BCUT2D eigenvalue weighted by Crippen LogP contribution is -2.30. The van der Waals surface area contributed by atoms with Crippen LogP contribution in [0.2, 0.25) is 0 Å². The average Bonchev–Trinajstić information content (AvgIpc) is 3.20. The molecule has 2 aromatic rings. The van der Waals surface area contributed by atoms with E-state index in [9.17, 15) is 9.90 Å². The molecule has 6 heteroatoms. The average molecular weight is 368 g/mol. The Balaban J connectivity index is 1.27. The van der Waals surface area contributed by atoms with Crippen LogP contribution in [0.4, 0.5) is 0 Å². The van der Waals surface area contributed by atoms with Crippen molar-refractivity contribution in [3.8, 4) is 17.2 Å². The zero-order chi connectivity index (χ0) is 18.8. The normalized spacial score (nSPS) is 24.6. The van der Waals surface area contributed by atoms with Gasteiger partial charge in [-0.05, 0) is 61.1 Å². The van der Waals surface area contributed by atoms with Crippen molar-refractivity contribution in [2.75, 3.05) is 26.7 Å². The van der Waals surface area contributed by atoms with Gasteiger partial charge in [0.25, 0.3) is 0 Å². The highest BCUT2D eigenvalue weighted by atomic mass is 16.5. The zero-order valence-corrected chi connectivity index (χ0v) is 15.4. The van der Waals surface area contributed by atoms with Crippen LogP contribution in [0.25, 0.3) is 0 Å². The van der Waals surface area contributed by atoms with E-state index in [2.05, 4.69) is 9.88 Å². The van der Waals surface area contributed by atoms with E-state index in [0.717, 1.165) is 37.4 Å². The third-order valence-electron chi connectivity index (χ3n) is 5.55. The maximum atomic E-state index is 12.4. The third kappa shape index (κ3) is 4.06. The summed E-state index contributed by atoms with van der Waals surface area (Å²) in [5.74, 6) is 2.94. The Morgan fingerprint density at radius 3 is 2.37 bits per heavy atom. The van der Waals surface area contributed by atoms with E-state index in [1.54, 1.807) is 13.2 Å². The van der Waals surface area contributed by atoms with Crippen molar-refractivity contribution in [3.05, 3.63) is 48.3 Å². The van der Waals surface area contributed by atoms with E-state index in [1.807, 2.05) is 24.3 Å². The minimum atomic E-state index is 0.000932. The second-order valence-electron chi connectivity index (χ2n) is 7.43. The number of pyridine rings is 1. The summed E-state index contributed by atoms with van der Waals surface area (Å²) in [5, 5.41) is 9.29. The Morgan fingerprint density at radius 1 is 1.11 bits per heavy atom. The van der Waals surface area contributed by atoms with Gasteiger partial charge in [0.2, 0.25) is 0 Å². The number of ether oxygens (including phenoxy) is 2. The zero-order valence-electron chi connectivity index (χ0n) is 15.4. The number of rotatable bonds is 6. The van der Waals surface area contributed by atoms with Gasteiger partial charge in [0.15, 0.2) is 5.78 Å². The lowest BCUT2D eigenvalue weighted by molar-refractivity contribution is 0.0931. The van der Waals surface area contributed by atoms with Gasteiger partial charge in [0.1, 0.15) is 22.9 Å². The first kappa shape index (κ1) is 17.8. The molecule has 1 aliphatic heterocycles. The number of aromatic hydroxyl groups is 1. The summed E-state index contributed by atoms with van der Waals surface area (Å²) in [7, 11) is 1.66. The summed E-state index contributed by atoms with van der Waals surface area (Å²) in [6.07, 6.45) is 3.61. The van der Waals surface area contributed by atoms with Crippen LogP contribution >= 0.6 is 0 Å². The number of Topliss-reactive ketones (excluding diaryl/α,β-unsaturated/α-hetero) is 1. The molecule has 0 amide bonds. The first-order chi connectivity index (χ1) is 13.1. The Labute approximate surface area is 158 Å². The van der Waals surface area contributed by atoms with Gasteiger partial charge in [-0.1, -0.05) is 0 Å². The number of methoxy groups -OCH3 is 1. The molecular formula is C21H24N2O4. The fraction of sp³-hybridized carbons (Fsp3) is 0.429. The highest BCUT2D eigenvalue weighted by Gasteiger charge is 2.42. The first-order valence-corrected chi connectivity index (χ1v) is 9.32. The largest absolute Gasteiger partial charge is 0.506 e. The molecule has 1 saturated heterocycles. The highest BCUT2D eigenvalue weighted by Crippen LogP contribution is 2.39. The van der Waals surface area contributed by atoms with Crippen molar-refractivity contribution >= 4 is 5.78 Å². The van der Waals surface area contributed by atoms with Crippen LogP contribution in [0.15, 0.2) is 42.6 Å². The second-order valence-corrected chi connectivity index (χ2v) is 7.43. The van der Waals surface area contributed by atoms with Crippen molar-refractivity contribution < 1.29 is 19.4 Å². The molecule has 2 heterocycles. The van der Waals surface area contributed by atoms with Crippen molar-refractivity contribution in [3.63, 3.8) is 0 Å². The number of benzene rings is 1. The van der Waals surface area contributed by atoms with Crippen molar-refractivity contribution in [1.82, 2.24) is 9.88 Å². The number of hydrogen-bond acceptors (Lipinski definition) is 6. The lowest BCUT2D eigenvalue weighted by Gasteiger charge is -2.19. The van der Waals surface area contributed by atoms with Crippen molar-refractivity contribution in [2.45, 2.75) is 18.9 Å². The second kappa shape index (κ2) is 7.56. The molecule has 0 spiro atoms. The van der Waals surface area contributed by atoms with Crippen LogP contribution in [0.5, 0.6) is 17.2 Å². The molecule has 1 aliphatic carbocycles. The van der Waals surface area contributed by atoms with Gasteiger partial charge in [0.05, 0.1) is 26.0 Å². The minimum Gasteiger partial charge on any atom is -0.506 e. The topological polar surface area (TPSA) is 71.9 Å². The van der Waals surface area contributed by atoms with E-state index < -0.39 is 0 Å². The van der Waals surface area contributed by atoms with Crippen LogP contribution < -0.4 is 9.47 Å². The smallest absolute Gasteiger partial charge is 0.195 e. The highest BCUT2D eigenvalue weighted by molar-refractivity contribution is 5.95. The molecule has 0 bridgehead atoms. The predicted molar refractivity (Wildman–Crippen MR) is 100 cm³/mol. The van der Waals surface area contributed by atoms with E-state index in [0.29, 0.717) is 24.1 Å². The summed E-state index contributed by atoms with van der Waals surface area (Å²) in [6, 6.07) is 10.8. The number of carbonyl (C=O) groups is 1. The number of nitrogens with zero attached hydrogens (tertiary/aromatic N) is 2. The molecule has 1 aromatic carbocycles. The number of aromatic nitrogens is 1. The number of fused-ring (bicyclic) bond motifs is 1. The van der Waals surface area contributed by atoms with E-state index in [-0.39, 0.29) is 17.6 Å². The molecule has 2 aliphatic rings. The van der Waals surface area contributed by atoms with Crippen LogP contribution in [-0.2, 0) is 0 Å². The van der Waals surface area contributed by atoms with Gasteiger partial charge < -0.3 is 14.6 Å². The summed E-state index contributed by atoms with van der Waals surface area (Å²) < 4.78 is 11.3. The van der Waals surface area contributed by atoms with Crippen LogP contribution in [0.1, 0.15) is 23.3 Å². The third-order valence-corrected chi connectivity index (χ3v) is 5.55. The molecule has 4 rings (SSSR count). The van der Waals surface area contributed by atoms with Crippen LogP contribution in [-0.4, -0.2) is 53.6 Å². The molecule has 27 heavy (non-hydrogen) atoms. The van der Waals surface area contributed by atoms with Gasteiger partial charge in [0, 0.05) is 13.1 Å². The monoisotopic (exact) mass is 368 g/mol. The van der Waals surface area contributed by atoms with E-state index in [1.165, 1.54) is 12.3 Å². The number of carbonyl (C=O) groups excluding carboxylic acids is 1. The molecule has 3 atom stereocenters. The van der Waals surface area contributed by atoms with Crippen molar-refractivity contribution in [1.29, 1.82) is 0 Å². The Hall–Kier alpha value is -2.60. The van der Waals surface area contributed by atoms with Gasteiger partial charge in [-0.3, -0.25) is 9.69 Å². The molecular weight excluding hydrogens is 344 g/mol. The fourth-order valence-electron chi connectivity index (χ4n) is 4.25. The summed E-state index contributed by atoms with van der Waals surface area (Å²) in [4.78, 5) is 18.6. The molecule has 0 radical (unpaired) electrons. The van der Waals surface area contributed by atoms with Gasteiger partial charge in [-0.2, -0.15) is 0 Å². The van der Waals surface area contributed by atoms with Crippen LogP contribution in [0, 0.1) is 11.8 Å². The van der Waals surface area contributed by atoms with E-state index in [4.69, 9.17) is 9.47 Å². The quantitative estimate of drug-likeness (QED) is 0.791. The molecule has 142 valence electrons. The maximum Gasteiger partial charge on any atom is 0.195 e. The molecule has 0 unspecified atom stereocenters. The predicted octanol–water partition coefficient (Wildman–Crippen LogP) is 2.77. The number of ketones is 1. The lowest BCUT2D eigenvalue weighted by atomic mass is 10.0. The van der Waals surface area contributed by atoms with Gasteiger partial charge in [-0.15, -0.1) is 0 Å². The van der Waals surface area contributed by atoms with E-state index >= 15 is 0 Å². The Morgan fingerprint density at radius 2 is 1.78 bits per heavy atom. The van der Waals surface area contributed by atoms with Crippen LogP contribution in [0.3, 0.4) is 0 Å². The van der Waals surface area contributed by atoms with Crippen molar-refractivity contribution in [2.24, 2.45) is 11.8 Å². The molecule has 1 saturated carbocycles. The standard InChI is InChI=1S/C21H24N2O4/c1-26-17-3-5-18(6-4-17)27-19-8-14-11-23(12-15(14)9-19)13-21(25)20-7-2-16(24)10-22-20/h2-7,10,14-15,19,24H,8-9,11-13H2,1H3/t14-,15+,19-. The SMILES string of the molecule is COc1ccc(O[C@@H]2C[C@@H]3CN(CC(=O)c4ccc(O)cn4)C[C@@H]3C2)cc1. The number of hydrogen-bond donors (Lipinski definition) is 1.